The van der Waals surface area contributed by atoms with E-state index in [-0.39, 0.29) is 25.2 Å². The van der Waals surface area contributed by atoms with Gasteiger partial charge in [-0.1, -0.05) is 61.5 Å². The van der Waals surface area contributed by atoms with Gasteiger partial charge < -0.3 is 26.0 Å². The topological polar surface area (TPSA) is 93.7 Å². The predicted molar refractivity (Wildman–Crippen MR) is 145 cm³/mol. The van der Waals surface area contributed by atoms with Gasteiger partial charge in [0, 0.05) is 24.7 Å². The Morgan fingerprint density at radius 1 is 1.00 bits per heavy atom. The Hall–Kier alpha value is -3.89. The summed E-state index contributed by atoms with van der Waals surface area (Å²) in [5, 5.41) is 19.7. The minimum absolute atomic E-state index is 0.108. The van der Waals surface area contributed by atoms with Gasteiger partial charge in [0.15, 0.2) is 11.6 Å². The lowest BCUT2D eigenvalue weighted by Gasteiger charge is -2.26. The molecule has 0 aliphatic carbocycles. The second-order valence-electron chi connectivity index (χ2n) is 9.92. The molecule has 40 heavy (non-hydrogen) atoms. The summed E-state index contributed by atoms with van der Waals surface area (Å²) >= 11 is 0. The van der Waals surface area contributed by atoms with E-state index in [1.165, 1.54) is 5.56 Å². The molecule has 4 rings (SSSR count). The molecule has 3 atom stereocenters. The summed E-state index contributed by atoms with van der Waals surface area (Å²) < 4.78 is 41.0. The number of nitrogens with zero attached hydrogens (tertiary/aromatic N) is 1. The van der Waals surface area contributed by atoms with E-state index < -0.39 is 47.6 Å². The van der Waals surface area contributed by atoms with Gasteiger partial charge >= 0.3 is 6.03 Å². The van der Waals surface area contributed by atoms with Gasteiger partial charge in [-0.15, -0.1) is 0 Å². The van der Waals surface area contributed by atoms with E-state index in [9.17, 15) is 27.9 Å². The first-order chi connectivity index (χ1) is 19.2. The standard InChI is InChI=1S/C30H33F3N4O3/c1-2-19-9-6-10-21(11-19)15-34-16-28(38)26(12-20-7-4-3-5-8-20)35-29(39)27-18-37(30(40)36-27)17-22-13-24(32)25(33)14-23(22)31/h3-11,13-14,26-28,34,38H,2,12,15-18H2,1H3,(H,35,39)(H,36,40)/t26-,27-,28+/m0/s1. The van der Waals surface area contributed by atoms with Crippen LogP contribution in [0.15, 0.2) is 66.7 Å². The number of aliphatic hydroxyl groups is 1. The minimum Gasteiger partial charge on any atom is -0.390 e. The maximum Gasteiger partial charge on any atom is 0.318 e. The number of benzene rings is 3. The van der Waals surface area contributed by atoms with Crippen LogP contribution in [-0.2, 0) is 30.7 Å². The summed E-state index contributed by atoms with van der Waals surface area (Å²) in [6.07, 6.45) is 0.334. The predicted octanol–water partition coefficient (Wildman–Crippen LogP) is 3.44. The van der Waals surface area contributed by atoms with Crippen LogP contribution < -0.4 is 16.0 Å². The Morgan fingerprint density at radius 2 is 1.70 bits per heavy atom. The number of aliphatic hydroxyl groups excluding tert-OH is 1. The number of amides is 3. The monoisotopic (exact) mass is 554 g/mol. The van der Waals surface area contributed by atoms with Crippen molar-refractivity contribution < 1.29 is 27.9 Å². The molecule has 3 aromatic carbocycles. The summed E-state index contributed by atoms with van der Waals surface area (Å²) in [4.78, 5) is 26.8. The number of hydrogen-bond donors (Lipinski definition) is 4. The molecule has 0 radical (unpaired) electrons. The molecule has 4 N–H and O–H groups in total. The van der Waals surface area contributed by atoms with E-state index in [1.54, 1.807) is 0 Å². The lowest BCUT2D eigenvalue weighted by Crippen LogP contribution is -2.53. The van der Waals surface area contributed by atoms with Crippen molar-refractivity contribution in [3.63, 3.8) is 0 Å². The van der Waals surface area contributed by atoms with Crippen molar-refractivity contribution in [2.75, 3.05) is 13.1 Å². The van der Waals surface area contributed by atoms with Crippen molar-refractivity contribution in [1.29, 1.82) is 0 Å². The van der Waals surface area contributed by atoms with Gasteiger partial charge in [0.1, 0.15) is 11.9 Å². The lowest BCUT2D eigenvalue weighted by molar-refractivity contribution is -0.124. The molecule has 10 heteroatoms. The normalized spacial score (nSPS) is 16.5. The zero-order valence-corrected chi connectivity index (χ0v) is 22.2. The molecule has 1 heterocycles. The highest BCUT2D eigenvalue weighted by atomic mass is 19.2. The summed E-state index contributed by atoms with van der Waals surface area (Å²) in [5.41, 5.74) is 3.01. The van der Waals surface area contributed by atoms with Crippen LogP contribution in [0.25, 0.3) is 0 Å². The van der Waals surface area contributed by atoms with Crippen LogP contribution in [0.4, 0.5) is 18.0 Å². The second kappa shape index (κ2) is 13.5. The van der Waals surface area contributed by atoms with Crippen LogP contribution in [0.1, 0.15) is 29.2 Å². The summed E-state index contributed by atoms with van der Waals surface area (Å²) in [5.74, 6) is -4.05. The second-order valence-corrected chi connectivity index (χ2v) is 9.92. The molecule has 0 aromatic heterocycles. The average molecular weight is 555 g/mol. The summed E-state index contributed by atoms with van der Waals surface area (Å²) in [6, 6.07) is 16.4. The van der Waals surface area contributed by atoms with Gasteiger partial charge in [-0.2, -0.15) is 0 Å². The number of urea groups is 1. The van der Waals surface area contributed by atoms with Crippen molar-refractivity contribution in [2.45, 2.75) is 51.0 Å². The maximum absolute atomic E-state index is 14.1. The van der Waals surface area contributed by atoms with Crippen molar-refractivity contribution in [3.05, 3.63) is 106 Å². The van der Waals surface area contributed by atoms with Crippen LogP contribution >= 0.6 is 0 Å². The van der Waals surface area contributed by atoms with Gasteiger partial charge in [-0.05, 0) is 35.6 Å². The zero-order chi connectivity index (χ0) is 28.6. The Balaban J connectivity index is 1.38. The number of aryl methyl sites for hydroxylation is 1. The highest BCUT2D eigenvalue weighted by molar-refractivity contribution is 5.90. The van der Waals surface area contributed by atoms with E-state index in [0.717, 1.165) is 22.4 Å². The van der Waals surface area contributed by atoms with Crippen molar-refractivity contribution >= 4 is 11.9 Å². The summed E-state index contributed by atoms with van der Waals surface area (Å²) in [7, 11) is 0. The third kappa shape index (κ3) is 7.61. The molecule has 7 nitrogen and oxygen atoms in total. The van der Waals surface area contributed by atoms with Crippen molar-refractivity contribution in [3.8, 4) is 0 Å². The van der Waals surface area contributed by atoms with Crippen molar-refractivity contribution in [2.24, 2.45) is 0 Å². The number of carbonyl (C=O) groups excluding carboxylic acids is 2. The van der Waals surface area contributed by atoms with E-state index in [2.05, 4.69) is 35.0 Å². The Bertz CT molecular complexity index is 1320. The fourth-order valence-corrected chi connectivity index (χ4v) is 4.67. The van der Waals surface area contributed by atoms with E-state index in [1.807, 2.05) is 42.5 Å². The molecule has 1 aliphatic heterocycles. The molecular formula is C30H33F3N4O3. The van der Waals surface area contributed by atoms with E-state index in [0.29, 0.717) is 25.1 Å². The first-order valence-electron chi connectivity index (χ1n) is 13.2. The fraction of sp³-hybridized carbons (Fsp3) is 0.333. The Kier molecular flexibility index (Phi) is 9.79. The quantitative estimate of drug-likeness (QED) is 0.258. The van der Waals surface area contributed by atoms with Crippen LogP contribution in [0.2, 0.25) is 0 Å². The molecule has 0 spiro atoms. The molecule has 0 saturated carbocycles. The van der Waals surface area contributed by atoms with E-state index in [4.69, 9.17) is 0 Å². The van der Waals surface area contributed by atoms with Gasteiger partial charge in [-0.3, -0.25) is 4.79 Å². The third-order valence-corrected chi connectivity index (χ3v) is 6.93. The van der Waals surface area contributed by atoms with Gasteiger partial charge in [-0.25, -0.2) is 18.0 Å². The van der Waals surface area contributed by atoms with E-state index >= 15 is 0 Å². The lowest BCUT2D eigenvalue weighted by atomic mass is 10.0. The molecule has 0 bridgehead atoms. The molecule has 1 fully saturated rings. The number of hydrogen-bond acceptors (Lipinski definition) is 4. The Labute approximate surface area is 231 Å². The summed E-state index contributed by atoms with van der Waals surface area (Å²) in [6.45, 7) is 2.40. The molecule has 0 unspecified atom stereocenters. The Morgan fingerprint density at radius 3 is 2.45 bits per heavy atom. The maximum atomic E-state index is 14.1. The largest absolute Gasteiger partial charge is 0.390 e. The molecule has 1 saturated heterocycles. The van der Waals surface area contributed by atoms with Crippen LogP contribution in [-0.4, -0.2) is 53.2 Å². The third-order valence-electron chi connectivity index (χ3n) is 6.93. The average Bonchev–Trinajstić information content (AvgIpc) is 3.32. The zero-order valence-electron chi connectivity index (χ0n) is 22.2. The van der Waals surface area contributed by atoms with Crippen LogP contribution in [0.3, 0.4) is 0 Å². The molecule has 1 aliphatic rings. The number of nitrogens with one attached hydrogen (secondary N) is 3. The molecule has 212 valence electrons. The van der Waals surface area contributed by atoms with Crippen molar-refractivity contribution in [1.82, 2.24) is 20.9 Å². The van der Waals surface area contributed by atoms with Gasteiger partial charge in [0.25, 0.3) is 0 Å². The number of carbonyl (C=O) groups is 2. The van der Waals surface area contributed by atoms with Crippen LogP contribution in [0.5, 0.6) is 0 Å². The molecule has 3 amide bonds. The smallest absolute Gasteiger partial charge is 0.318 e. The highest BCUT2D eigenvalue weighted by Crippen LogP contribution is 2.18. The highest BCUT2D eigenvalue weighted by Gasteiger charge is 2.35. The van der Waals surface area contributed by atoms with Gasteiger partial charge in [0.05, 0.1) is 25.2 Å². The first-order valence-corrected chi connectivity index (χ1v) is 13.2. The SMILES string of the molecule is CCc1cccc(CNC[C@@H](O)[C@H](Cc2ccccc2)NC(=O)[C@@H]2CN(Cc3cc(F)c(F)cc3F)C(=O)N2)c1. The van der Waals surface area contributed by atoms with Gasteiger partial charge in [0.2, 0.25) is 5.91 Å². The number of halogens is 3. The number of rotatable bonds is 12. The fourth-order valence-electron chi connectivity index (χ4n) is 4.67. The molecule has 3 aromatic rings. The molecular weight excluding hydrogens is 521 g/mol. The first kappa shape index (κ1) is 29.1. The minimum atomic E-state index is -1.32. The van der Waals surface area contributed by atoms with Crippen LogP contribution in [0, 0.1) is 17.5 Å².